The lowest BCUT2D eigenvalue weighted by atomic mass is 10.2. The minimum Gasteiger partial charge on any atom is -0.298 e. The molecule has 1 aliphatic rings. The Kier molecular flexibility index (Phi) is 2.79. The van der Waals surface area contributed by atoms with Crippen LogP contribution in [0.2, 0.25) is 0 Å². The van der Waals surface area contributed by atoms with E-state index in [-0.39, 0.29) is 10.9 Å². The highest BCUT2D eigenvalue weighted by molar-refractivity contribution is 8.22. The molecule has 0 fully saturated rings. The first-order chi connectivity index (χ1) is 6.81. The molecule has 3 heteroatoms. The van der Waals surface area contributed by atoms with Gasteiger partial charge in [0.25, 0.3) is 0 Å². The summed E-state index contributed by atoms with van der Waals surface area (Å²) in [5, 5.41) is 4.30. The molecule has 0 N–H and O–H groups in total. The molecule has 1 aliphatic heterocycles. The molecule has 0 atom stereocenters. The molecule has 0 aliphatic carbocycles. The van der Waals surface area contributed by atoms with Crippen LogP contribution in [0.1, 0.15) is 10.4 Å². The summed E-state index contributed by atoms with van der Waals surface area (Å²) in [6, 6.07) is 5.59. The van der Waals surface area contributed by atoms with Crippen LogP contribution in [0.3, 0.4) is 0 Å². The van der Waals surface area contributed by atoms with Gasteiger partial charge < -0.3 is 0 Å². The van der Waals surface area contributed by atoms with E-state index < -0.39 is 0 Å². The molecule has 1 nitrogen and oxygen atoms in total. The maximum Gasteiger partial charge on any atom is 0.150 e. The van der Waals surface area contributed by atoms with Crippen molar-refractivity contribution in [2.75, 3.05) is 0 Å². The molecule has 0 saturated heterocycles. The van der Waals surface area contributed by atoms with Crippen LogP contribution in [-0.2, 0) is 0 Å². The maximum absolute atomic E-state index is 10.6. The molecule has 0 saturated carbocycles. The van der Waals surface area contributed by atoms with Crippen molar-refractivity contribution < 1.29 is 4.79 Å². The fourth-order valence-electron chi connectivity index (χ4n) is 1.32. The monoisotopic (exact) mass is 222 g/mol. The second kappa shape index (κ2) is 4.07. The van der Waals surface area contributed by atoms with E-state index in [1.165, 1.54) is 0 Å². The van der Waals surface area contributed by atoms with Crippen LogP contribution in [0.15, 0.2) is 51.0 Å². The van der Waals surface area contributed by atoms with Gasteiger partial charge in [-0.25, -0.2) is 0 Å². The van der Waals surface area contributed by atoms with Crippen molar-refractivity contribution >= 4 is 29.8 Å². The number of rotatable bonds is 2. The normalized spacial score (nSPS) is 16.2. The number of carbonyl (C=O) groups is 1. The molecule has 14 heavy (non-hydrogen) atoms. The van der Waals surface area contributed by atoms with Crippen molar-refractivity contribution in [1.82, 2.24) is 0 Å². The summed E-state index contributed by atoms with van der Waals surface area (Å²) in [4.78, 5) is 12.7. The predicted octanol–water partition coefficient (Wildman–Crippen LogP) is 3.19. The van der Waals surface area contributed by atoms with E-state index in [1.54, 1.807) is 6.07 Å². The Labute approximate surface area is 91.3 Å². The molecule has 1 aromatic carbocycles. The van der Waals surface area contributed by atoms with Crippen LogP contribution in [0.4, 0.5) is 0 Å². The summed E-state index contributed by atoms with van der Waals surface area (Å²) < 4.78 is 0. The molecule has 0 unspecified atom stereocenters. The van der Waals surface area contributed by atoms with E-state index in [0.29, 0.717) is 5.56 Å². The van der Waals surface area contributed by atoms with Gasteiger partial charge in [0, 0.05) is 15.4 Å². The Balaban J connectivity index is 2.45. The van der Waals surface area contributed by atoms with Crippen LogP contribution < -0.4 is 0 Å². The zero-order valence-electron chi connectivity index (χ0n) is 7.42. The number of hydrogen-bond acceptors (Lipinski definition) is 2. The van der Waals surface area contributed by atoms with Crippen LogP contribution in [-0.4, -0.2) is 6.29 Å². The van der Waals surface area contributed by atoms with Gasteiger partial charge in [0.05, 0.1) is 0 Å². The van der Waals surface area contributed by atoms with Crippen LogP contribution in [0.5, 0.6) is 0 Å². The van der Waals surface area contributed by atoms with E-state index in [0.717, 1.165) is 16.1 Å². The maximum atomic E-state index is 10.6. The van der Waals surface area contributed by atoms with E-state index in [9.17, 15) is 4.79 Å². The highest BCUT2D eigenvalue weighted by Gasteiger charge is 2.07. The van der Waals surface area contributed by atoms with Crippen LogP contribution in [0.25, 0.3) is 0 Å². The molecule has 0 bridgehead atoms. The predicted molar refractivity (Wildman–Crippen MR) is 64.6 cm³/mol. The molecule has 1 aromatic rings. The summed E-state index contributed by atoms with van der Waals surface area (Å²) >= 11 is 4.39. The number of allylic oxidation sites excluding steroid dienone is 2. The lowest BCUT2D eigenvalue weighted by molar-refractivity contribution is 0.112. The molecule has 72 valence electrons. The molecule has 0 aromatic heterocycles. The molecule has 1 heterocycles. The standard InChI is InChI=1S/C11H10OS2/c12-8-9-3-4-10(13)11(7-9)14-5-1-2-6-14/h1-8,13-14H. The van der Waals surface area contributed by atoms with Gasteiger partial charge in [-0.1, -0.05) is 18.2 Å². The summed E-state index contributed by atoms with van der Waals surface area (Å²) in [5.74, 6) is 0. The Morgan fingerprint density at radius 2 is 1.93 bits per heavy atom. The van der Waals surface area contributed by atoms with Gasteiger partial charge in [0.1, 0.15) is 6.29 Å². The topological polar surface area (TPSA) is 17.1 Å². The Morgan fingerprint density at radius 1 is 1.21 bits per heavy atom. The minimum atomic E-state index is -0.379. The highest BCUT2D eigenvalue weighted by Crippen LogP contribution is 2.45. The highest BCUT2D eigenvalue weighted by atomic mass is 32.2. The van der Waals surface area contributed by atoms with E-state index >= 15 is 0 Å². The summed E-state index contributed by atoms with van der Waals surface area (Å²) in [5.41, 5.74) is 0.717. The lowest BCUT2D eigenvalue weighted by Gasteiger charge is -2.13. The van der Waals surface area contributed by atoms with Crippen molar-refractivity contribution in [3.63, 3.8) is 0 Å². The second-order valence-electron chi connectivity index (χ2n) is 2.96. The van der Waals surface area contributed by atoms with Crippen molar-refractivity contribution in [3.05, 3.63) is 46.7 Å². The Hall–Kier alpha value is -0.930. The van der Waals surface area contributed by atoms with Crippen LogP contribution in [0, 0.1) is 0 Å². The first-order valence-electron chi connectivity index (χ1n) is 4.23. The fraction of sp³-hybridized carbons (Fsp3) is 0. The first-order valence-corrected chi connectivity index (χ1v) is 6.15. The van der Waals surface area contributed by atoms with Gasteiger partial charge in [0.15, 0.2) is 0 Å². The number of hydrogen-bond donors (Lipinski definition) is 2. The Bertz CT molecular complexity index is 409. The molecular weight excluding hydrogens is 212 g/mol. The van der Waals surface area contributed by atoms with Crippen molar-refractivity contribution in [2.45, 2.75) is 9.79 Å². The number of benzene rings is 1. The van der Waals surface area contributed by atoms with E-state index in [1.807, 2.05) is 24.3 Å². The lowest BCUT2D eigenvalue weighted by Crippen LogP contribution is -1.84. The average molecular weight is 222 g/mol. The smallest absolute Gasteiger partial charge is 0.150 e. The van der Waals surface area contributed by atoms with Gasteiger partial charge >= 0.3 is 0 Å². The molecule has 0 amide bonds. The third-order valence-electron chi connectivity index (χ3n) is 2.02. The van der Waals surface area contributed by atoms with E-state index in [2.05, 4.69) is 23.4 Å². The van der Waals surface area contributed by atoms with Crippen molar-refractivity contribution in [3.8, 4) is 0 Å². The van der Waals surface area contributed by atoms with Gasteiger partial charge in [-0.05, 0) is 22.9 Å². The third kappa shape index (κ3) is 1.79. The Morgan fingerprint density at radius 3 is 2.57 bits per heavy atom. The number of aldehydes is 1. The van der Waals surface area contributed by atoms with Gasteiger partial charge in [-0.15, -0.1) is 12.6 Å². The van der Waals surface area contributed by atoms with Crippen LogP contribution >= 0.6 is 23.5 Å². The number of carbonyl (C=O) groups excluding carboxylic acids is 1. The summed E-state index contributed by atoms with van der Waals surface area (Å²) in [7, 11) is -0.379. The van der Waals surface area contributed by atoms with Gasteiger partial charge in [-0.2, -0.15) is 10.9 Å². The fourth-order valence-corrected chi connectivity index (χ4v) is 3.43. The van der Waals surface area contributed by atoms with Gasteiger partial charge in [0.2, 0.25) is 0 Å². The summed E-state index contributed by atoms with van der Waals surface area (Å²) in [6.07, 6.45) is 4.94. The quantitative estimate of drug-likeness (QED) is 0.580. The average Bonchev–Trinajstić information content (AvgIpc) is 2.71. The van der Waals surface area contributed by atoms with Crippen molar-refractivity contribution in [2.24, 2.45) is 0 Å². The largest absolute Gasteiger partial charge is 0.298 e. The zero-order valence-corrected chi connectivity index (χ0v) is 9.21. The number of thiol groups is 2. The summed E-state index contributed by atoms with van der Waals surface area (Å²) in [6.45, 7) is 0. The van der Waals surface area contributed by atoms with E-state index in [4.69, 9.17) is 0 Å². The molecular formula is C11H10OS2. The van der Waals surface area contributed by atoms with Crippen molar-refractivity contribution in [1.29, 1.82) is 0 Å². The molecule has 0 radical (unpaired) electrons. The SMILES string of the molecule is O=Cc1ccc(S)c([SH]2C=CC=C2)c1. The third-order valence-corrected chi connectivity index (χ3v) is 4.50. The molecule has 0 spiro atoms. The molecule has 2 rings (SSSR count). The van der Waals surface area contributed by atoms with Gasteiger partial charge in [-0.3, -0.25) is 4.79 Å². The zero-order chi connectivity index (χ0) is 9.97. The second-order valence-corrected chi connectivity index (χ2v) is 5.33. The minimum absolute atomic E-state index is 0.379. The first kappa shape index (κ1) is 9.62.